The van der Waals surface area contributed by atoms with Crippen LogP contribution < -0.4 is 30.1 Å². The second-order valence-corrected chi connectivity index (χ2v) is 8.77. The quantitative estimate of drug-likeness (QED) is 0.506. The highest BCUT2D eigenvalue weighted by Crippen LogP contribution is 2.35. The Kier molecular flexibility index (Phi) is 7.47. The molecule has 0 saturated carbocycles. The van der Waals surface area contributed by atoms with Crippen LogP contribution in [0.2, 0.25) is 0 Å². The topological polar surface area (TPSA) is 127 Å². The van der Waals surface area contributed by atoms with Gasteiger partial charge in [-0.05, 0) is 42.7 Å². The van der Waals surface area contributed by atoms with E-state index in [0.717, 1.165) is 6.42 Å². The van der Waals surface area contributed by atoms with E-state index < -0.39 is 24.5 Å². The Balaban J connectivity index is 1.54. The zero-order valence-corrected chi connectivity index (χ0v) is 20.4. The van der Waals surface area contributed by atoms with Gasteiger partial charge in [0.2, 0.25) is 5.43 Å². The van der Waals surface area contributed by atoms with E-state index in [1.165, 1.54) is 6.07 Å². The van der Waals surface area contributed by atoms with Gasteiger partial charge in [0.15, 0.2) is 18.1 Å². The van der Waals surface area contributed by atoms with Crippen molar-refractivity contribution in [3.05, 3.63) is 52.4 Å². The maximum atomic E-state index is 13.3. The van der Waals surface area contributed by atoms with Gasteiger partial charge in [0.25, 0.3) is 5.91 Å². The van der Waals surface area contributed by atoms with Crippen molar-refractivity contribution in [2.75, 3.05) is 19.8 Å². The predicted molar refractivity (Wildman–Crippen MR) is 130 cm³/mol. The normalized spacial score (nSPS) is 14.5. The largest absolute Gasteiger partial charge is 0.548 e. The summed E-state index contributed by atoms with van der Waals surface area (Å²) in [6.07, 6.45) is 1.35. The van der Waals surface area contributed by atoms with Gasteiger partial charge >= 0.3 is 0 Å². The predicted octanol–water partition coefficient (Wildman–Crippen LogP) is 2.59. The molecule has 1 aliphatic rings. The highest BCUT2D eigenvalue weighted by Gasteiger charge is 2.20. The summed E-state index contributed by atoms with van der Waals surface area (Å²) >= 11 is 0. The number of rotatable bonds is 8. The van der Waals surface area contributed by atoms with Crippen LogP contribution >= 0.6 is 0 Å². The number of carboxylic acids is 1. The van der Waals surface area contributed by atoms with Crippen LogP contribution in [0.15, 0.2) is 45.6 Å². The minimum Gasteiger partial charge on any atom is -0.548 e. The van der Waals surface area contributed by atoms with Crippen LogP contribution in [0.3, 0.4) is 0 Å². The summed E-state index contributed by atoms with van der Waals surface area (Å²) in [4.78, 5) is 36.9. The van der Waals surface area contributed by atoms with Crippen LogP contribution in [-0.4, -0.2) is 37.7 Å². The standard InChI is InChI=1S/C27H29NO8/c1-4-15(2)25(27(31)32)28-23(29)14-35-18-7-8-19-21(13-18)36-16(3)24(26(19)30)17-6-9-20-22(12-17)34-11-5-10-33-20/h6-9,12-13,15,25H,4-5,10-11,14H2,1-3H3,(H,28,29)(H,31,32)/p-1/t15-,25-/m1/s1. The van der Waals surface area contributed by atoms with Crippen molar-refractivity contribution in [2.24, 2.45) is 5.92 Å². The monoisotopic (exact) mass is 494 g/mol. The van der Waals surface area contributed by atoms with E-state index in [1.807, 2.05) is 6.92 Å². The van der Waals surface area contributed by atoms with Crippen LogP contribution in [-0.2, 0) is 9.59 Å². The molecule has 0 fully saturated rings. The molecule has 0 bridgehead atoms. The van der Waals surface area contributed by atoms with E-state index in [0.29, 0.717) is 64.7 Å². The number of carbonyl (C=O) groups excluding carboxylic acids is 2. The summed E-state index contributed by atoms with van der Waals surface area (Å²) in [6.45, 7) is 5.96. The van der Waals surface area contributed by atoms with E-state index >= 15 is 0 Å². The van der Waals surface area contributed by atoms with Crippen molar-refractivity contribution in [3.8, 4) is 28.4 Å². The third-order valence-electron chi connectivity index (χ3n) is 6.23. The van der Waals surface area contributed by atoms with Gasteiger partial charge in [-0.3, -0.25) is 9.59 Å². The first-order valence-electron chi connectivity index (χ1n) is 11.9. The first-order valence-corrected chi connectivity index (χ1v) is 11.9. The summed E-state index contributed by atoms with van der Waals surface area (Å²) in [6, 6.07) is 8.92. The van der Waals surface area contributed by atoms with Crippen molar-refractivity contribution >= 4 is 22.8 Å². The number of carbonyl (C=O) groups is 2. The van der Waals surface area contributed by atoms with Crippen molar-refractivity contribution in [1.82, 2.24) is 5.32 Å². The molecule has 0 unspecified atom stereocenters. The molecular weight excluding hydrogens is 466 g/mol. The summed E-state index contributed by atoms with van der Waals surface area (Å²) in [5.74, 6) is -0.277. The van der Waals surface area contributed by atoms with Crippen molar-refractivity contribution in [1.29, 1.82) is 0 Å². The maximum Gasteiger partial charge on any atom is 0.258 e. The lowest BCUT2D eigenvalue weighted by molar-refractivity contribution is -0.309. The molecule has 1 aromatic heterocycles. The van der Waals surface area contributed by atoms with Gasteiger partial charge in [-0.2, -0.15) is 0 Å². The molecule has 1 aliphatic heterocycles. The number of aryl methyl sites for hydroxylation is 1. The Morgan fingerprint density at radius 2 is 1.86 bits per heavy atom. The summed E-state index contributed by atoms with van der Waals surface area (Å²) in [5, 5.41) is 14.1. The van der Waals surface area contributed by atoms with E-state index in [2.05, 4.69) is 5.32 Å². The fourth-order valence-corrected chi connectivity index (χ4v) is 4.06. The Morgan fingerprint density at radius 3 is 2.58 bits per heavy atom. The number of nitrogens with one attached hydrogen (secondary N) is 1. The van der Waals surface area contributed by atoms with Gasteiger partial charge < -0.3 is 33.8 Å². The smallest absolute Gasteiger partial charge is 0.258 e. The van der Waals surface area contributed by atoms with Crippen LogP contribution in [0, 0.1) is 12.8 Å². The number of ether oxygens (including phenoxy) is 3. The third kappa shape index (κ3) is 5.30. The Bertz CT molecular complexity index is 1350. The van der Waals surface area contributed by atoms with Crippen LogP contribution in [0.1, 0.15) is 32.4 Å². The van der Waals surface area contributed by atoms with Gasteiger partial charge in [0, 0.05) is 12.5 Å². The van der Waals surface area contributed by atoms with Gasteiger partial charge in [0.05, 0.1) is 36.2 Å². The molecule has 36 heavy (non-hydrogen) atoms. The second-order valence-electron chi connectivity index (χ2n) is 8.77. The fraction of sp³-hybridized carbons (Fsp3) is 0.370. The highest BCUT2D eigenvalue weighted by molar-refractivity contribution is 5.85. The third-order valence-corrected chi connectivity index (χ3v) is 6.23. The van der Waals surface area contributed by atoms with Gasteiger partial charge in [-0.1, -0.05) is 26.3 Å². The average Bonchev–Trinajstić information content (AvgIpc) is 3.10. The minimum absolute atomic E-state index is 0.210. The van der Waals surface area contributed by atoms with Gasteiger partial charge in [-0.25, -0.2) is 0 Å². The summed E-state index contributed by atoms with van der Waals surface area (Å²) in [5.41, 5.74) is 1.18. The molecule has 0 spiro atoms. The van der Waals surface area contributed by atoms with E-state index in [9.17, 15) is 19.5 Å². The molecule has 9 nitrogen and oxygen atoms in total. The number of benzene rings is 2. The SMILES string of the molecule is CC[C@@H](C)[C@@H](NC(=O)COc1ccc2c(=O)c(-c3ccc4c(c3)OCCCO4)c(C)oc2c1)C(=O)[O-]. The number of aliphatic carboxylic acids is 1. The molecule has 9 heteroatoms. The fourth-order valence-electron chi connectivity index (χ4n) is 4.06. The molecule has 2 heterocycles. The molecule has 0 saturated heterocycles. The lowest BCUT2D eigenvalue weighted by Crippen LogP contribution is -2.52. The maximum absolute atomic E-state index is 13.3. The molecule has 4 rings (SSSR count). The van der Waals surface area contributed by atoms with Crippen LogP contribution in [0.5, 0.6) is 17.2 Å². The van der Waals surface area contributed by atoms with E-state index in [1.54, 1.807) is 44.2 Å². The summed E-state index contributed by atoms with van der Waals surface area (Å²) < 4.78 is 22.9. The number of hydrogen-bond donors (Lipinski definition) is 1. The Hall–Kier alpha value is -4.01. The van der Waals surface area contributed by atoms with Gasteiger partial charge in [-0.15, -0.1) is 0 Å². The zero-order valence-electron chi connectivity index (χ0n) is 20.4. The molecule has 1 N–H and O–H groups in total. The number of fused-ring (bicyclic) bond motifs is 2. The Morgan fingerprint density at radius 1 is 1.11 bits per heavy atom. The molecule has 3 aromatic rings. The molecule has 2 atom stereocenters. The number of carboxylic acid groups (broad SMARTS) is 1. The van der Waals surface area contributed by atoms with Gasteiger partial charge in [0.1, 0.15) is 17.1 Å². The van der Waals surface area contributed by atoms with E-state index in [-0.39, 0.29) is 11.3 Å². The number of amides is 1. The first-order chi connectivity index (χ1) is 17.3. The molecule has 2 aromatic carbocycles. The Labute approximate surface area is 208 Å². The molecular formula is C27H28NO8-. The molecule has 0 radical (unpaired) electrons. The van der Waals surface area contributed by atoms with Crippen molar-refractivity contribution in [2.45, 2.75) is 39.7 Å². The highest BCUT2D eigenvalue weighted by atomic mass is 16.5. The lowest BCUT2D eigenvalue weighted by atomic mass is 9.99. The van der Waals surface area contributed by atoms with Crippen molar-refractivity contribution < 1.29 is 33.3 Å². The average molecular weight is 495 g/mol. The first kappa shape index (κ1) is 25.1. The number of hydrogen-bond acceptors (Lipinski definition) is 8. The van der Waals surface area contributed by atoms with E-state index in [4.69, 9.17) is 18.6 Å². The molecule has 1 amide bonds. The zero-order chi connectivity index (χ0) is 25.8. The minimum atomic E-state index is -1.34. The van der Waals surface area contributed by atoms with Crippen LogP contribution in [0.25, 0.3) is 22.1 Å². The lowest BCUT2D eigenvalue weighted by Gasteiger charge is -2.25. The molecule has 190 valence electrons. The van der Waals surface area contributed by atoms with Crippen LogP contribution in [0.4, 0.5) is 0 Å². The van der Waals surface area contributed by atoms with Crippen molar-refractivity contribution in [3.63, 3.8) is 0 Å². The summed E-state index contributed by atoms with van der Waals surface area (Å²) in [7, 11) is 0. The molecule has 0 aliphatic carbocycles. The second kappa shape index (κ2) is 10.7.